The van der Waals surface area contributed by atoms with Gasteiger partial charge >= 0.3 is 0 Å². The Bertz CT molecular complexity index is 947. The van der Waals surface area contributed by atoms with Crippen LogP contribution in [0.15, 0.2) is 53.7 Å². The highest BCUT2D eigenvalue weighted by molar-refractivity contribution is 7.99. The Balaban J connectivity index is 1.46. The summed E-state index contributed by atoms with van der Waals surface area (Å²) in [5.74, 6) is 1.54. The van der Waals surface area contributed by atoms with E-state index >= 15 is 0 Å². The van der Waals surface area contributed by atoms with E-state index in [0.29, 0.717) is 16.0 Å². The predicted molar refractivity (Wildman–Crippen MR) is 111 cm³/mol. The first-order valence-corrected chi connectivity index (χ1v) is 10.1. The first kappa shape index (κ1) is 20.2. The minimum atomic E-state index is -0.128. The first-order valence-electron chi connectivity index (χ1n) is 8.78. The Morgan fingerprint density at radius 1 is 1.29 bits per heavy atom. The van der Waals surface area contributed by atoms with Crippen molar-refractivity contribution < 1.29 is 9.53 Å². The molecule has 0 aliphatic heterocycles. The van der Waals surface area contributed by atoms with Crippen molar-refractivity contribution >= 4 is 29.3 Å². The highest BCUT2D eigenvalue weighted by Gasteiger charge is 2.12. The number of nitrogens with one attached hydrogen (secondary N) is 2. The fourth-order valence-electron chi connectivity index (χ4n) is 2.54. The van der Waals surface area contributed by atoms with Gasteiger partial charge in [0.2, 0.25) is 11.1 Å². The number of carbonyl (C=O) groups is 1. The third-order valence-electron chi connectivity index (χ3n) is 4.03. The lowest BCUT2D eigenvalue weighted by Crippen LogP contribution is -2.28. The van der Waals surface area contributed by atoms with Crippen molar-refractivity contribution in [1.29, 1.82) is 0 Å². The van der Waals surface area contributed by atoms with Crippen molar-refractivity contribution in [3.05, 3.63) is 70.5 Å². The highest BCUT2D eigenvalue weighted by atomic mass is 35.5. The molecule has 0 spiro atoms. The number of nitrogens with zero attached hydrogens (tertiary/aromatic N) is 2. The lowest BCUT2D eigenvalue weighted by molar-refractivity contribution is -0.119. The fraction of sp³-hybridized carbons (Fsp3) is 0.250. The summed E-state index contributed by atoms with van der Waals surface area (Å²) in [7, 11) is 0. The van der Waals surface area contributed by atoms with Crippen molar-refractivity contribution in [2.24, 2.45) is 0 Å². The van der Waals surface area contributed by atoms with Crippen molar-refractivity contribution in [3.63, 3.8) is 0 Å². The van der Waals surface area contributed by atoms with Gasteiger partial charge in [-0.25, -0.2) is 4.98 Å². The molecule has 1 heterocycles. The molecule has 2 N–H and O–H groups in total. The summed E-state index contributed by atoms with van der Waals surface area (Å²) in [6, 6.07) is 15.1. The lowest BCUT2D eigenvalue weighted by atomic mass is 10.1. The molecule has 0 aliphatic carbocycles. The minimum absolute atomic E-state index is 0.0972. The number of aromatic amines is 1. The summed E-state index contributed by atoms with van der Waals surface area (Å²) >= 11 is 7.26. The van der Waals surface area contributed by atoms with Crippen molar-refractivity contribution in [2.75, 3.05) is 5.75 Å². The molecule has 0 saturated heterocycles. The number of aromatic nitrogens is 3. The van der Waals surface area contributed by atoms with Crippen LogP contribution in [0.3, 0.4) is 0 Å². The van der Waals surface area contributed by atoms with Crippen LogP contribution in [0.4, 0.5) is 0 Å². The summed E-state index contributed by atoms with van der Waals surface area (Å²) < 4.78 is 5.74. The summed E-state index contributed by atoms with van der Waals surface area (Å²) in [6.45, 7) is 4.19. The van der Waals surface area contributed by atoms with Crippen LogP contribution in [0, 0.1) is 6.92 Å². The number of para-hydroxylation sites is 1. The summed E-state index contributed by atoms with van der Waals surface area (Å²) in [5, 5.41) is 11.1. The maximum atomic E-state index is 12.2. The van der Waals surface area contributed by atoms with Crippen molar-refractivity contribution in [3.8, 4) is 5.75 Å². The zero-order valence-electron chi connectivity index (χ0n) is 15.6. The number of thioether (sulfide) groups is 1. The Kier molecular flexibility index (Phi) is 6.95. The third kappa shape index (κ3) is 5.74. The topological polar surface area (TPSA) is 79.9 Å². The Morgan fingerprint density at radius 3 is 2.89 bits per heavy atom. The molecule has 8 heteroatoms. The number of halogens is 1. The van der Waals surface area contributed by atoms with Crippen LogP contribution in [-0.4, -0.2) is 26.8 Å². The monoisotopic (exact) mass is 416 g/mol. The number of carbonyl (C=O) groups excluding carboxylic acids is 1. The molecule has 28 heavy (non-hydrogen) atoms. The summed E-state index contributed by atoms with van der Waals surface area (Å²) in [5.41, 5.74) is 2.02. The van der Waals surface area contributed by atoms with Crippen molar-refractivity contribution in [1.82, 2.24) is 20.5 Å². The van der Waals surface area contributed by atoms with Gasteiger partial charge in [0.05, 0.1) is 11.8 Å². The number of amides is 1. The molecule has 0 unspecified atom stereocenters. The number of ether oxygens (including phenoxy) is 1. The quantitative estimate of drug-likeness (QED) is 0.535. The van der Waals surface area contributed by atoms with E-state index in [1.54, 1.807) is 6.07 Å². The fourth-order valence-corrected chi connectivity index (χ4v) is 3.37. The molecule has 0 fully saturated rings. The normalized spacial score (nSPS) is 11.8. The average Bonchev–Trinajstić information content (AvgIpc) is 3.14. The number of hydrogen-bond acceptors (Lipinski definition) is 5. The minimum Gasteiger partial charge on any atom is -0.485 e. The van der Waals surface area contributed by atoms with E-state index in [1.165, 1.54) is 11.8 Å². The van der Waals surface area contributed by atoms with E-state index < -0.39 is 0 Å². The zero-order chi connectivity index (χ0) is 19.9. The smallest absolute Gasteiger partial charge is 0.230 e. The summed E-state index contributed by atoms with van der Waals surface area (Å²) in [6.07, 6.45) is 0. The third-order valence-corrected chi connectivity index (χ3v) is 5.11. The summed E-state index contributed by atoms with van der Waals surface area (Å²) in [4.78, 5) is 16.5. The Hall–Kier alpha value is -2.51. The van der Waals surface area contributed by atoms with Gasteiger partial charge in [0.25, 0.3) is 0 Å². The standard InChI is InChI=1S/C20H21ClN4O2S/c1-13-6-3-4-9-17(13)27-11-18-23-20(25-24-18)28-12-19(26)22-14(2)15-7-5-8-16(21)10-15/h3-10,14H,11-12H2,1-2H3,(H,22,26)(H,23,24,25)/t14-/m1/s1. The van der Waals surface area contributed by atoms with Gasteiger partial charge in [-0.05, 0) is 43.2 Å². The average molecular weight is 417 g/mol. The van der Waals surface area contributed by atoms with Crippen LogP contribution < -0.4 is 10.1 Å². The van der Waals surface area contributed by atoms with Gasteiger partial charge in [-0.15, -0.1) is 5.10 Å². The lowest BCUT2D eigenvalue weighted by Gasteiger charge is -2.14. The van der Waals surface area contributed by atoms with E-state index in [0.717, 1.165) is 16.9 Å². The molecular weight excluding hydrogens is 396 g/mol. The largest absolute Gasteiger partial charge is 0.485 e. The number of hydrogen-bond donors (Lipinski definition) is 2. The maximum absolute atomic E-state index is 12.2. The van der Waals surface area contributed by atoms with Crippen LogP contribution >= 0.6 is 23.4 Å². The van der Waals surface area contributed by atoms with Gasteiger partial charge in [0.1, 0.15) is 12.4 Å². The van der Waals surface area contributed by atoms with E-state index in [4.69, 9.17) is 16.3 Å². The molecule has 2 aromatic carbocycles. The van der Waals surface area contributed by atoms with Gasteiger partial charge in [-0.3, -0.25) is 9.89 Å². The van der Waals surface area contributed by atoms with Crippen molar-refractivity contribution in [2.45, 2.75) is 31.7 Å². The van der Waals surface area contributed by atoms with Crippen LogP contribution in [0.25, 0.3) is 0 Å². The van der Waals surface area contributed by atoms with E-state index in [-0.39, 0.29) is 24.3 Å². The van der Waals surface area contributed by atoms with Gasteiger partial charge in [-0.1, -0.05) is 53.7 Å². The van der Waals surface area contributed by atoms with Gasteiger partial charge in [-0.2, -0.15) is 0 Å². The molecule has 3 aromatic rings. The Labute approximate surface area is 173 Å². The highest BCUT2D eigenvalue weighted by Crippen LogP contribution is 2.19. The molecule has 1 amide bonds. The molecule has 1 atom stereocenters. The van der Waals surface area contributed by atoms with Crippen LogP contribution in [0.2, 0.25) is 5.02 Å². The number of H-pyrrole nitrogens is 1. The molecular formula is C20H21ClN4O2S. The van der Waals surface area contributed by atoms with E-state index in [2.05, 4.69) is 20.5 Å². The number of benzene rings is 2. The van der Waals surface area contributed by atoms with Crippen LogP contribution in [-0.2, 0) is 11.4 Å². The molecule has 0 radical (unpaired) electrons. The first-order chi connectivity index (χ1) is 13.5. The molecule has 3 rings (SSSR count). The van der Waals surface area contributed by atoms with Gasteiger partial charge in [0, 0.05) is 5.02 Å². The molecule has 146 valence electrons. The maximum Gasteiger partial charge on any atom is 0.230 e. The van der Waals surface area contributed by atoms with Crippen LogP contribution in [0.5, 0.6) is 5.75 Å². The number of aryl methyl sites for hydroxylation is 1. The molecule has 6 nitrogen and oxygen atoms in total. The van der Waals surface area contributed by atoms with E-state index in [1.807, 2.05) is 56.3 Å². The SMILES string of the molecule is Cc1ccccc1OCc1nc(SCC(=O)N[C@H](C)c2cccc(Cl)c2)n[nH]1. The van der Waals surface area contributed by atoms with E-state index in [9.17, 15) is 4.79 Å². The zero-order valence-corrected chi connectivity index (χ0v) is 17.2. The molecule has 0 bridgehead atoms. The molecule has 0 aliphatic rings. The number of rotatable bonds is 8. The molecule has 0 saturated carbocycles. The van der Waals surface area contributed by atoms with Gasteiger partial charge < -0.3 is 10.1 Å². The second-order valence-electron chi connectivity index (χ2n) is 6.25. The second kappa shape index (κ2) is 9.61. The second-order valence-corrected chi connectivity index (χ2v) is 7.63. The molecule has 1 aromatic heterocycles. The van der Waals surface area contributed by atoms with Gasteiger partial charge in [0.15, 0.2) is 5.82 Å². The Morgan fingerprint density at radius 2 is 2.11 bits per heavy atom. The predicted octanol–water partition coefficient (Wildman–Crippen LogP) is 4.32. The van der Waals surface area contributed by atoms with Crippen LogP contribution in [0.1, 0.15) is 29.9 Å².